The lowest BCUT2D eigenvalue weighted by molar-refractivity contribution is -0.156. The van der Waals surface area contributed by atoms with Crippen molar-refractivity contribution in [3.63, 3.8) is 0 Å². The van der Waals surface area contributed by atoms with Crippen LogP contribution in [0.2, 0.25) is 0 Å². The first-order chi connectivity index (χ1) is 21.3. The van der Waals surface area contributed by atoms with Crippen LogP contribution in [-0.4, -0.2) is 71.9 Å². The minimum absolute atomic E-state index is 0.00506. The highest BCUT2D eigenvalue weighted by Gasteiger charge is 2.56. The Morgan fingerprint density at radius 2 is 2.00 bits per heavy atom. The van der Waals surface area contributed by atoms with Gasteiger partial charge in [0.2, 0.25) is 5.72 Å². The third kappa shape index (κ3) is 6.55. The second kappa shape index (κ2) is 12.2. The molecule has 0 amide bonds. The number of hydrogen-bond donors (Lipinski definition) is 4. The van der Waals surface area contributed by atoms with E-state index in [4.69, 9.17) is 18.5 Å². The quantitative estimate of drug-likeness (QED) is 0.0642. The first kappa shape index (κ1) is 32.1. The number of nitrogens with one attached hydrogen (secondary N) is 2. The Bertz CT molecular complexity index is 1880. The zero-order valence-electron chi connectivity index (χ0n) is 24.6. The predicted molar refractivity (Wildman–Crippen MR) is 159 cm³/mol. The number of fused-ring (bicyclic) bond motifs is 2. The summed E-state index contributed by atoms with van der Waals surface area (Å²) in [5.74, 6) is -0.634. The van der Waals surface area contributed by atoms with Crippen LogP contribution < -0.4 is 15.2 Å². The molecule has 2 unspecified atom stereocenters. The van der Waals surface area contributed by atoms with Crippen molar-refractivity contribution in [2.75, 3.05) is 6.61 Å². The van der Waals surface area contributed by atoms with E-state index in [2.05, 4.69) is 30.1 Å². The Morgan fingerprint density at radius 1 is 1.27 bits per heavy atom. The van der Waals surface area contributed by atoms with Gasteiger partial charge in [0, 0.05) is 10.3 Å². The van der Waals surface area contributed by atoms with E-state index in [-0.39, 0.29) is 16.9 Å². The molecule has 1 aliphatic rings. The number of H-pyrrole nitrogens is 1. The molecular formula is C27H31N8O9P. The predicted octanol–water partition coefficient (Wildman–Crippen LogP) is 3.05. The van der Waals surface area contributed by atoms with Crippen LogP contribution in [0.5, 0.6) is 5.75 Å². The number of aromatic amines is 1. The summed E-state index contributed by atoms with van der Waals surface area (Å²) in [4.78, 5) is 38.1. The van der Waals surface area contributed by atoms with Crippen molar-refractivity contribution in [1.82, 2.24) is 24.6 Å². The van der Waals surface area contributed by atoms with Crippen molar-refractivity contribution in [1.29, 1.82) is 0 Å². The molecule has 0 spiro atoms. The van der Waals surface area contributed by atoms with Gasteiger partial charge in [0.05, 0.1) is 19.3 Å². The molecule has 18 heteroatoms. The summed E-state index contributed by atoms with van der Waals surface area (Å²) in [6, 6.07) is 10.9. The summed E-state index contributed by atoms with van der Waals surface area (Å²) >= 11 is 0. The molecular weight excluding hydrogens is 611 g/mol. The van der Waals surface area contributed by atoms with Crippen molar-refractivity contribution in [2.24, 2.45) is 5.11 Å². The molecule has 17 nitrogen and oxygen atoms in total. The maximum atomic E-state index is 14.4. The molecule has 0 aliphatic carbocycles. The lowest BCUT2D eigenvalue weighted by Gasteiger charge is -2.30. The van der Waals surface area contributed by atoms with Gasteiger partial charge in [-0.2, -0.15) is 5.09 Å². The minimum Gasteiger partial charge on any atom is -0.459 e. The van der Waals surface area contributed by atoms with E-state index in [1.165, 1.54) is 11.5 Å². The first-order valence-electron chi connectivity index (χ1n) is 13.7. The van der Waals surface area contributed by atoms with E-state index >= 15 is 0 Å². The number of aliphatic hydroxyl groups is 2. The van der Waals surface area contributed by atoms with E-state index in [9.17, 15) is 29.9 Å². The summed E-state index contributed by atoms with van der Waals surface area (Å²) in [5.41, 5.74) is 5.55. The number of esters is 1. The zero-order valence-corrected chi connectivity index (χ0v) is 25.5. The average molecular weight is 643 g/mol. The molecule has 0 radical (unpaired) electrons. The molecule has 1 aliphatic heterocycles. The third-order valence-electron chi connectivity index (χ3n) is 6.78. The van der Waals surface area contributed by atoms with Crippen LogP contribution in [0, 0.1) is 0 Å². The number of aliphatic hydroxyl groups excluding tert-OH is 2. The van der Waals surface area contributed by atoms with Crippen LogP contribution in [-0.2, 0) is 23.4 Å². The van der Waals surface area contributed by atoms with Crippen LogP contribution in [0.25, 0.3) is 32.4 Å². The van der Waals surface area contributed by atoms with Crippen molar-refractivity contribution in [3.8, 4) is 5.75 Å². The molecule has 4 N–H and O–H groups in total. The fraction of sp³-hybridized carbons (Fsp3) is 0.407. The molecule has 2 aromatic heterocycles. The van der Waals surface area contributed by atoms with Crippen molar-refractivity contribution >= 4 is 35.7 Å². The lowest BCUT2D eigenvalue weighted by atomic mass is 10.1. The van der Waals surface area contributed by atoms with Crippen molar-refractivity contribution < 1.29 is 38.1 Å². The van der Waals surface area contributed by atoms with Gasteiger partial charge in [0.15, 0.2) is 17.4 Å². The number of azide groups is 1. The van der Waals surface area contributed by atoms with Gasteiger partial charge in [-0.25, -0.2) is 14.5 Å². The zero-order chi connectivity index (χ0) is 32.6. The summed E-state index contributed by atoms with van der Waals surface area (Å²) in [6.07, 6.45) is -2.90. The molecule has 238 valence electrons. The Balaban J connectivity index is 1.48. The summed E-state index contributed by atoms with van der Waals surface area (Å²) < 4.78 is 38.4. The van der Waals surface area contributed by atoms with E-state index in [1.807, 2.05) is 18.2 Å². The maximum absolute atomic E-state index is 14.4. The van der Waals surface area contributed by atoms with Crippen LogP contribution in [0.3, 0.4) is 0 Å². The van der Waals surface area contributed by atoms with Gasteiger partial charge in [-0.05, 0) is 44.7 Å². The van der Waals surface area contributed by atoms with Crippen LogP contribution in [0.4, 0.5) is 0 Å². The minimum atomic E-state index is -4.60. The fourth-order valence-corrected chi connectivity index (χ4v) is 6.23. The number of benzene rings is 2. The third-order valence-corrected chi connectivity index (χ3v) is 8.39. The molecule has 0 bridgehead atoms. The molecule has 5 rings (SSSR count). The Kier molecular flexibility index (Phi) is 8.70. The molecule has 4 aromatic rings. The number of rotatable bonds is 10. The Morgan fingerprint density at radius 3 is 2.73 bits per heavy atom. The van der Waals surface area contributed by atoms with E-state index in [0.717, 1.165) is 18.0 Å². The summed E-state index contributed by atoms with van der Waals surface area (Å²) in [6.45, 7) is 5.46. The number of carbonyl (C=O) groups excluding carboxylic acids is 1. The number of aromatic nitrogens is 4. The van der Waals surface area contributed by atoms with Gasteiger partial charge in [-0.15, -0.1) is 0 Å². The van der Waals surface area contributed by atoms with Gasteiger partial charge in [0.1, 0.15) is 29.6 Å². The monoisotopic (exact) mass is 642 g/mol. The van der Waals surface area contributed by atoms with Gasteiger partial charge < -0.3 is 29.2 Å². The maximum Gasteiger partial charge on any atom is 0.459 e. The normalized spacial score (nSPS) is 23.7. The van der Waals surface area contributed by atoms with Crippen molar-refractivity contribution in [3.05, 3.63) is 75.9 Å². The highest BCUT2D eigenvalue weighted by atomic mass is 31.2. The standard InChI is InChI=1S/C27H31N8O9P/c1-15(25(39)43-26(2,3)4)32-45(40,44-18-11-7-9-16-8-5-6-10-17(16)18)41-12-27(33-34-28)21(37)20(36)24(42-27)35-14-31-19-22(35)29-13-30-23(19)38/h5-11,13-15,20-21,24,36-37H,12H2,1-4H3,(H,32,40)(H,29,30,38)/t15-,20+,21-,24+,27?,45?/m0/s1. The Hall–Kier alpha value is -4.34. The smallest absolute Gasteiger partial charge is 0.459 e. The molecule has 0 saturated carbocycles. The number of nitrogens with zero attached hydrogens (tertiary/aromatic N) is 6. The highest BCUT2D eigenvalue weighted by Crippen LogP contribution is 2.49. The van der Waals surface area contributed by atoms with E-state index < -0.39 is 61.7 Å². The lowest BCUT2D eigenvalue weighted by Crippen LogP contribution is -2.46. The SMILES string of the molecule is C[C@H](NP(=O)(OCC1(N=[N+]=[N-])O[C@@H](n2cnc3c(=O)[nH]cnc32)[C@H](O)[C@@H]1O)Oc1cccc2ccccc12)C(=O)OC(C)(C)C. The Labute approximate surface area is 255 Å². The van der Waals surface area contributed by atoms with Gasteiger partial charge in [-0.3, -0.25) is 18.7 Å². The van der Waals surface area contributed by atoms with Crippen LogP contribution in [0.15, 0.2) is 65.0 Å². The number of ether oxygens (including phenoxy) is 2. The molecule has 1 fully saturated rings. The first-order valence-corrected chi connectivity index (χ1v) is 15.2. The molecule has 2 aromatic carbocycles. The fourth-order valence-electron chi connectivity index (χ4n) is 4.70. The molecule has 45 heavy (non-hydrogen) atoms. The highest BCUT2D eigenvalue weighted by molar-refractivity contribution is 7.52. The van der Waals surface area contributed by atoms with Crippen LogP contribution >= 0.6 is 7.75 Å². The topological polar surface area (TPSA) is 236 Å². The summed E-state index contributed by atoms with van der Waals surface area (Å²) in [7, 11) is -4.60. The number of carbonyl (C=O) groups is 1. The average Bonchev–Trinajstić information content (AvgIpc) is 3.52. The molecule has 1 saturated heterocycles. The number of hydrogen-bond acceptors (Lipinski definition) is 12. The largest absolute Gasteiger partial charge is 0.459 e. The van der Waals surface area contributed by atoms with E-state index in [0.29, 0.717) is 5.39 Å². The van der Waals surface area contributed by atoms with E-state index in [1.54, 1.807) is 45.0 Å². The van der Waals surface area contributed by atoms with Crippen LogP contribution in [0.1, 0.15) is 33.9 Å². The van der Waals surface area contributed by atoms with Gasteiger partial charge in [-0.1, -0.05) is 41.5 Å². The number of imidazole rings is 1. The van der Waals surface area contributed by atoms with Gasteiger partial charge in [0.25, 0.3) is 5.56 Å². The van der Waals surface area contributed by atoms with Crippen molar-refractivity contribution in [2.45, 2.75) is 63.5 Å². The molecule has 3 heterocycles. The second-order valence-electron chi connectivity index (χ2n) is 11.3. The summed E-state index contributed by atoms with van der Waals surface area (Å²) in [5, 5.41) is 29.5. The second-order valence-corrected chi connectivity index (χ2v) is 13.0. The molecule has 6 atom stereocenters. The van der Waals surface area contributed by atoms with Gasteiger partial charge >= 0.3 is 13.7 Å².